The highest BCUT2D eigenvalue weighted by atomic mass is 32.5. The van der Waals surface area contributed by atoms with Crippen molar-refractivity contribution in [3.63, 3.8) is 0 Å². The minimum Gasteiger partial charge on any atom is -0.475 e. The fourth-order valence-electron chi connectivity index (χ4n) is 3.20. The second kappa shape index (κ2) is 11.2. The van der Waals surface area contributed by atoms with Crippen molar-refractivity contribution in [1.82, 2.24) is 0 Å². The molecule has 1 aliphatic rings. The van der Waals surface area contributed by atoms with Crippen molar-refractivity contribution in [2.45, 2.75) is 49.8 Å². The van der Waals surface area contributed by atoms with Crippen molar-refractivity contribution < 1.29 is 81.0 Å². The third-order valence-electron chi connectivity index (χ3n) is 4.89. The van der Waals surface area contributed by atoms with E-state index in [4.69, 9.17) is 4.74 Å². The van der Waals surface area contributed by atoms with Crippen LogP contribution in [0.25, 0.3) is 6.08 Å². The van der Waals surface area contributed by atoms with Gasteiger partial charge in [-0.2, -0.15) is 13.2 Å². The van der Waals surface area contributed by atoms with E-state index < -0.39 is 104 Å². The number of esters is 1. The maximum Gasteiger partial charge on any atom is 0.511 e. The van der Waals surface area contributed by atoms with Crippen LogP contribution in [-0.2, 0) is 35.1 Å². The van der Waals surface area contributed by atoms with Crippen molar-refractivity contribution in [2.75, 3.05) is 13.2 Å². The van der Waals surface area contributed by atoms with E-state index in [1.165, 1.54) is 0 Å². The lowest BCUT2D eigenvalue weighted by molar-refractivity contribution is -0.768. The summed E-state index contributed by atoms with van der Waals surface area (Å²) in [5, 5.41) is 17.8. The quantitative estimate of drug-likeness (QED) is 0.0922. The summed E-state index contributed by atoms with van der Waals surface area (Å²) in [4.78, 5) is 50.3. The van der Waals surface area contributed by atoms with E-state index in [-0.39, 0.29) is 18.2 Å². The fraction of sp³-hybridized carbons (Fsp3) is 0.474. The third-order valence-corrected chi connectivity index (χ3v) is 6.01. The molecule has 23 heteroatoms. The largest absolute Gasteiger partial charge is 0.511 e. The second-order valence-electron chi connectivity index (χ2n) is 8.08. The van der Waals surface area contributed by atoms with E-state index in [0.29, 0.717) is 0 Å². The smallest absolute Gasteiger partial charge is 0.475 e. The van der Waals surface area contributed by atoms with Gasteiger partial charge in [0.25, 0.3) is 10.2 Å². The van der Waals surface area contributed by atoms with Crippen LogP contribution >= 0.6 is 10.2 Å². The molecule has 2 rings (SSSR count). The second-order valence-corrected chi connectivity index (χ2v) is 10.5. The molecule has 0 fully saturated rings. The topological polar surface area (TPSA) is 176 Å². The Morgan fingerprint density at radius 3 is 2.00 bits per heavy atom. The summed E-state index contributed by atoms with van der Waals surface area (Å²) in [5.74, 6) is -2.83. The van der Waals surface area contributed by atoms with Gasteiger partial charge in [-0.3, -0.25) is 0 Å². The van der Waals surface area contributed by atoms with Gasteiger partial charge in [0.1, 0.15) is 23.9 Å². The van der Waals surface area contributed by atoms with E-state index in [1.54, 1.807) is 0 Å². The van der Waals surface area contributed by atoms with Crippen LogP contribution in [0.1, 0.15) is 25.0 Å². The van der Waals surface area contributed by atoms with Crippen LogP contribution in [0.2, 0.25) is 0 Å². The number of carbonyl (C=O) groups is 2. The zero-order valence-corrected chi connectivity index (χ0v) is 21.6. The van der Waals surface area contributed by atoms with E-state index in [9.17, 15) is 62.4 Å². The molecule has 1 aliphatic heterocycles. The fourth-order valence-corrected chi connectivity index (χ4v) is 3.91. The number of alkyl halides is 3. The molecule has 238 valence electrons. The number of fused-ring (bicyclic) bond motifs is 1. The van der Waals surface area contributed by atoms with Crippen LogP contribution in [0.4, 0.5) is 37.4 Å². The first-order chi connectivity index (χ1) is 18.9. The van der Waals surface area contributed by atoms with E-state index in [1.807, 2.05) is 0 Å². The number of hydrogen-bond acceptors (Lipinski definition) is 12. The third kappa shape index (κ3) is 9.37. The predicted octanol–water partition coefficient (Wildman–Crippen LogP) is 5.44. The lowest BCUT2D eigenvalue weighted by Crippen LogP contribution is -2.42. The monoisotopic (exact) mass is 650 g/mol. The van der Waals surface area contributed by atoms with Crippen molar-refractivity contribution in [3.8, 4) is 5.75 Å². The van der Waals surface area contributed by atoms with Crippen LogP contribution in [-0.4, -0.2) is 60.2 Å². The number of nitrogens with zero attached hydrogens (tertiary/aromatic N) is 2. The normalized spacial score (nSPS) is 17.3. The Morgan fingerprint density at radius 2 is 1.55 bits per heavy atom. The van der Waals surface area contributed by atoms with Gasteiger partial charge in [0, 0.05) is 12.5 Å². The molecule has 42 heavy (non-hydrogen) atoms. The van der Waals surface area contributed by atoms with Crippen LogP contribution < -0.4 is 4.74 Å². The Balaban J connectivity index is 2.32. The summed E-state index contributed by atoms with van der Waals surface area (Å²) < 4.78 is 127. The summed E-state index contributed by atoms with van der Waals surface area (Å²) in [7, 11) is -10.3. The summed E-state index contributed by atoms with van der Waals surface area (Å²) in [6.45, 7) is -0.333. The van der Waals surface area contributed by atoms with Gasteiger partial charge < -0.3 is 28.6 Å². The summed E-state index contributed by atoms with van der Waals surface area (Å²) in [6.07, 6.45) is -14.7. The molecule has 0 radical (unpaired) electrons. The van der Waals surface area contributed by atoms with Crippen LogP contribution in [0.5, 0.6) is 5.75 Å². The molecule has 0 aliphatic carbocycles. The number of rotatable bonds is 12. The minimum absolute atomic E-state index is 0.0623. The first-order valence-corrected chi connectivity index (χ1v) is 12.8. The molecule has 0 saturated heterocycles. The average molecular weight is 650 g/mol. The average Bonchev–Trinajstić information content (AvgIpc) is 2.81. The van der Waals surface area contributed by atoms with Crippen LogP contribution in [0.15, 0.2) is 22.6 Å². The van der Waals surface area contributed by atoms with Gasteiger partial charge >= 0.3 is 28.5 Å². The van der Waals surface area contributed by atoms with E-state index in [0.717, 1.165) is 13.8 Å². The minimum atomic E-state index is -10.3. The molecular formula is C19H18F8N2O12S. The number of ether oxygens (including phenoxy) is 4. The molecule has 1 unspecified atom stereocenters. The van der Waals surface area contributed by atoms with Gasteiger partial charge in [-0.25, -0.2) is 9.59 Å². The molecule has 0 saturated carbocycles. The molecule has 1 aromatic carbocycles. The molecule has 1 heterocycles. The zero-order chi connectivity index (χ0) is 32.3. The molecule has 14 nitrogen and oxygen atoms in total. The van der Waals surface area contributed by atoms with Gasteiger partial charge in [0.05, 0.1) is 5.57 Å². The first-order valence-electron chi connectivity index (χ1n) is 10.9. The van der Waals surface area contributed by atoms with Gasteiger partial charge in [0.2, 0.25) is 12.4 Å². The lowest BCUT2D eigenvalue weighted by atomic mass is 9.98. The van der Waals surface area contributed by atoms with Gasteiger partial charge in [-0.15, -0.1) is 20.2 Å². The van der Waals surface area contributed by atoms with Gasteiger partial charge in [0.15, 0.2) is 6.10 Å². The number of benzene rings is 1. The Labute approximate surface area is 227 Å². The van der Waals surface area contributed by atoms with Crippen molar-refractivity contribution in [1.29, 1.82) is 0 Å². The van der Waals surface area contributed by atoms with Crippen molar-refractivity contribution in [2.24, 2.45) is 0 Å². The highest BCUT2D eigenvalue weighted by molar-refractivity contribution is 8.45. The summed E-state index contributed by atoms with van der Waals surface area (Å²) in [5.41, 5.74) is -3.15. The molecule has 0 aromatic heterocycles. The van der Waals surface area contributed by atoms with Crippen molar-refractivity contribution >= 4 is 28.4 Å². The molecule has 0 amide bonds. The lowest BCUT2D eigenvalue weighted by Gasteiger charge is -2.41. The summed E-state index contributed by atoms with van der Waals surface area (Å²) in [6, 6.07) is -0.263. The highest BCUT2D eigenvalue weighted by Gasteiger charge is 2.66. The molecule has 2 atom stereocenters. The maximum absolute atomic E-state index is 13.7. The number of carbonyl (C=O) groups excluding carboxylic acids is 2. The highest BCUT2D eigenvalue weighted by Crippen LogP contribution is 3.02. The Kier molecular flexibility index (Phi) is 9.01. The maximum atomic E-state index is 13.7. The van der Waals surface area contributed by atoms with E-state index in [2.05, 4.69) is 23.9 Å². The molecule has 0 spiro atoms. The van der Waals surface area contributed by atoms with Crippen LogP contribution in [0.3, 0.4) is 0 Å². The number of aryl methyl sites for hydroxylation is 1. The predicted molar refractivity (Wildman–Crippen MR) is 118 cm³/mol. The summed E-state index contributed by atoms with van der Waals surface area (Å²) >= 11 is 0. The van der Waals surface area contributed by atoms with E-state index >= 15 is 0 Å². The Hall–Kier alpha value is -4.31. The SMILES string of the molecule is CCc1cc(S(F)(F)(F)(F)F)cc2c1O[C@H](C(F)(F)F)C(C(=O)OC(C)OC(=O)OC(CO[N+](=O)[O-])CO[N+](=O)[O-])=C2. The molecule has 0 N–H and O–H groups in total. The number of hydrogen-bond donors (Lipinski definition) is 0. The standard InChI is InChI=1S/C19H18F8N2O12S/c1-3-10-4-13(42(23,24,25,26)27)5-11-6-14(16(19(20,21)22)41-15(10)11)17(30)38-9(2)39-18(31)40-12(7-36-28(32)33)8-37-29(34)35/h4-6,9,12,16H,3,7-8H2,1-2H3/t9?,16-/m0/s1. The van der Waals surface area contributed by atoms with Crippen LogP contribution in [0, 0.1) is 20.2 Å². The van der Waals surface area contributed by atoms with Crippen molar-refractivity contribution in [3.05, 3.63) is 49.1 Å². The Bertz CT molecular complexity index is 1270. The first kappa shape index (κ1) is 33.9. The molecule has 1 aromatic rings. The van der Waals surface area contributed by atoms with Gasteiger partial charge in [-0.05, 0) is 30.2 Å². The molecular weight excluding hydrogens is 632 g/mol. The zero-order valence-electron chi connectivity index (χ0n) is 20.8. The molecule has 0 bridgehead atoms. The number of halogens is 8. The Morgan fingerprint density at radius 1 is 1.00 bits per heavy atom. The van der Waals surface area contributed by atoms with Gasteiger partial charge in [-0.1, -0.05) is 26.4 Å².